The van der Waals surface area contributed by atoms with Crippen molar-refractivity contribution >= 4 is 11.3 Å². The monoisotopic (exact) mass is 448 g/mol. The fourth-order valence-electron chi connectivity index (χ4n) is 2.72. The fourth-order valence-corrected chi connectivity index (χ4v) is 3.63. The van der Waals surface area contributed by atoms with Crippen molar-refractivity contribution in [3.63, 3.8) is 0 Å². The third-order valence-corrected chi connectivity index (χ3v) is 5.41. The second kappa shape index (κ2) is 8.08. The molecule has 7 nitrogen and oxygen atoms in total. The minimum Gasteiger partial charge on any atom is -0.456 e. The Morgan fingerprint density at radius 3 is 2.48 bits per heavy atom. The van der Waals surface area contributed by atoms with Crippen molar-refractivity contribution in [1.29, 1.82) is 0 Å². The van der Waals surface area contributed by atoms with E-state index in [0.717, 1.165) is 11.3 Å². The maximum absolute atomic E-state index is 13.6. The maximum atomic E-state index is 13.6. The van der Waals surface area contributed by atoms with Gasteiger partial charge in [0.1, 0.15) is 16.5 Å². The van der Waals surface area contributed by atoms with E-state index in [9.17, 15) is 18.3 Å². The van der Waals surface area contributed by atoms with Gasteiger partial charge in [0.2, 0.25) is 17.3 Å². The molecule has 0 radical (unpaired) electrons. The Labute approximate surface area is 178 Å². The fraction of sp³-hybridized carbons (Fsp3) is 0.200. The molecule has 1 atom stereocenters. The van der Waals surface area contributed by atoms with Gasteiger partial charge in [0.15, 0.2) is 0 Å². The SMILES string of the molecule is Cc1csc(C(O)(Cc2nc(-c3ccc(Oc4cccnc4)cc3)no2)C(F)(F)F)n1. The van der Waals surface area contributed by atoms with Crippen LogP contribution in [0.1, 0.15) is 16.6 Å². The summed E-state index contributed by atoms with van der Waals surface area (Å²) in [4.78, 5) is 11.8. The molecule has 0 aliphatic heterocycles. The van der Waals surface area contributed by atoms with E-state index >= 15 is 0 Å². The lowest BCUT2D eigenvalue weighted by atomic mass is 10.00. The van der Waals surface area contributed by atoms with Crippen molar-refractivity contribution in [3.8, 4) is 22.9 Å². The predicted molar refractivity (Wildman–Crippen MR) is 105 cm³/mol. The van der Waals surface area contributed by atoms with Crippen LogP contribution in [0.4, 0.5) is 13.2 Å². The van der Waals surface area contributed by atoms with E-state index in [2.05, 4.69) is 20.1 Å². The van der Waals surface area contributed by atoms with Gasteiger partial charge >= 0.3 is 6.18 Å². The Kier molecular flexibility index (Phi) is 5.46. The average molecular weight is 448 g/mol. The molecule has 0 saturated heterocycles. The standard InChI is InChI=1S/C20H15F3N4O3S/c1-12-11-31-18(25-12)19(28,20(21,22)23)9-16-26-17(27-30-16)13-4-6-14(7-5-13)29-15-3-2-8-24-10-15/h2-8,10-11,28H,9H2,1H3. The van der Waals surface area contributed by atoms with Gasteiger partial charge in [-0.05, 0) is 43.3 Å². The molecule has 11 heteroatoms. The van der Waals surface area contributed by atoms with Gasteiger partial charge in [-0.2, -0.15) is 18.2 Å². The number of hydrogen-bond donors (Lipinski definition) is 1. The van der Waals surface area contributed by atoms with Crippen LogP contribution < -0.4 is 4.74 Å². The van der Waals surface area contributed by atoms with Crippen LogP contribution in [0.2, 0.25) is 0 Å². The van der Waals surface area contributed by atoms with Gasteiger partial charge in [0, 0.05) is 22.8 Å². The van der Waals surface area contributed by atoms with E-state index < -0.39 is 23.2 Å². The Morgan fingerprint density at radius 2 is 1.87 bits per heavy atom. The lowest BCUT2D eigenvalue weighted by Gasteiger charge is -2.26. The van der Waals surface area contributed by atoms with Crippen molar-refractivity contribution in [3.05, 3.63) is 70.8 Å². The number of thiazole rings is 1. The highest BCUT2D eigenvalue weighted by Crippen LogP contribution is 2.42. The largest absolute Gasteiger partial charge is 0.456 e. The van der Waals surface area contributed by atoms with Gasteiger partial charge in [-0.15, -0.1) is 11.3 Å². The van der Waals surface area contributed by atoms with Gasteiger partial charge in [0.25, 0.3) is 0 Å². The molecule has 160 valence electrons. The van der Waals surface area contributed by atoms with Crippen molar-refractivity contribution in [2.45, 2.75) is 25.1 Å². The summed E-state index contributed by atoms with van der Waals surface area (Å²) >= 11 is 0.719. The first-order chi connectivity index (χ1) is 14.7. The first-order valence-electron chi connectivity index (χ1n) is 8.97. The van der Waals surface area contributed by atoms with Gasteiger partial charge < -0.3 is 14.4 Å². The molecule has 0 saturated carbocycles. The minimum atomic E-state index is -4.97. The number of rotatable bonds is 6. The zero-order valence-corrected chi connectivity index (χ0v) is 16.8. The van der Waals surface area contributed by atoms with Crippen LogP contribution >= 0.6 is 11.3 Å². The molecule has 1 N–H and O–H groups in total. The zero-order valence-electron chi connectivity index (χ0n) is 16.0. The normalized spacial score (nSPS) is 13.7. The van der Waals surface area contributed by atoms with Crippen molar-refractivity contribution < 1.29 is 27.5 Å². The molecule has 31 heavy (non-hydrogen) atoms. The molecule has 0 amide bonds. The first-order valence-corrected chi connectivity index (χ1v) is 9.85. The number of halogens is 3. The van der Waals surface area contributed by atoms with Crippen LogP contribution in [-0.4, -0.2) is 31.4 Å². The third-order valence-electron chi connectivity index (χ3n) is 4.30. The molecular weight excluding hydrogens is 433 g/mol. The molecular formula is C20H15F3N4O3S. The molecule has 1 unspecified atom stereocenters. The molecule has 0 fully saturated rings. The smallest absolute Gasteiger partial charge is 0.424 e. The van der Waals surface area contributed by atoms with Gasteiger partial charge in [-0.1, -0.05) is 5.16 Å². The summed E-state index contributed by atoms with van der Waals surface area (Å²) in [6.07, 6.45) is -2.74. The Balaban J connectivity index is 1.53. The summed E-state index contributed by atoms with van der Waals surface area (Å²) < 4.78 is 51.6. The van der Waals surface area contributed by atoms with Crippen LogP contribution in [0.15, 0.2) is 58.7 Å². The van der Waals surface area contributed by atoms with E-state index in [1.807, 2.05) is 0 Å². The predicted octanol–water partition coefficient (Wildman–Crippen LogP) is 4.68. The highest BCUT2D eigenvalue weighted by Gasteiger charge is 2.58. The highest BCUT2D eigenvalue weighted by atomic mass is 32.1. The summed E-state index contributed by atoms with van der Waals surface area (Å²) in [6, 6.07) is 10.1. The van der Waals surface area contributed by atoms with Crippen LogP contribution in [0.5, 0.6) is 11.5 Å². The molecule has 4 rings (SSSR count). The number of aliphatic hydroxyl groups is 1. The molecule has 0 aliphatic carbocycles. The van der Waals surface area contributed by atoms with Crippen molar-refractivity contribution in [1.82, 2.24) is 20.1 Å². The molecule has 1 aromatic carbocycles. The number of pyridine rings is 1. The third kappa shape index (κ3) is 4.42. The van der Waals surface area contributed by atoms with E-state index in [-0.39, 0.29) is 11.7 Å². The van der Waals surface area contributed by atoms with Crippen LogP contribution in [0, 0.1) is 6.92 Å². The molecule has 0 bridgehead atoms. The lowest BCUT2D eigenvalue weighted by molar-refractivity contribution is -0.267. The van der Waals surface area contributed by atoms with Crippen molar-refractivity contribution in [2.24, 2.45) is 0 Å². The highest BCUT2D eigenvalue weighted by molar-refractivity contribution is 7.09. The van der Waals surface area contributed by atoms with Gasteiger partial charge in [0.05, 0.1) is 12.6 Å². The van der Waals surface area contributed by atoms with Crippen LogP contribution in [0.3, 0.4) is 0 Å². The summed E-state index contributed by atoms with van der Waals surface area (Å²) in [7, 11) is 0. The molecule has 0 spiro atoms. The molecule has 3 aromatic heterocycles. The van der Waals surface area contributed by atoms with Crippen LogP contribution in [-0.2, 0) is 12.0 Å². The summed E-state index contributed by atoms with van der Waals surface area (Å²) in [5, 5.41) is 15.1. The molecule has 3 heterocycles. The zero-order chi connectivity index (χ0) is 22.1. The Bertz CT molecular complexity index is 1160. The number of benzene rings is 1. The Hall–Kier alpha value is -3.31. The number of alkyl halides is 3. The number of hydrogen-bond acceptors (Lipinski definition) is 8. The first kappa shape index (κ1) is 20.9. The summed E-state index contributed by atoms with van der Waals surface area (Å²) in [6.45, 7) is 1.54. The quantitative estimate of drug-likeness (QED) is 0.458. The van der Waals surface area contributed by atoms with Crippen molar-refractivity contribution in [2.75, 3.05) is 0 Å². The van der Waals surface area contributed by atoms with E-state index in [0.29, 0.717) is 22.8 Å². The summed E-state index contributed by atoms with van der Waals surface area (Å²) in [5.74, 6) is 0.813. The second-order valence-electron chi connectivity index (χ2n) is 6.66. The van der Waals surface area contributed by atoms with Crippen LogP contribution in [0.25, 0.3) is 11.4 Å². The van der Waals surface area contributed by atoms with E-state index in [1.165, 1.54) is 5.38 Å². The topological polar surface area (TPSA) is 94.2 Å². The average Bonchev–Trinajstić information content (AvgIpc) is 3.38. The second-order valence-corrected chi connectivity index (χ2v) is 7.51. The van der Waals surface area contributed by atoms with Gasteiger partial charge in [-0.3, -0.25) is 4.98 Å². The molecule has 0 aliphatic rings. The van der Waals surface area contributed by atoms with E-state index in [1.54, 1.807) is 55.7 Å². The number of ether oxygens (including phenoxy) is 1. The number of aryl methyl sites for hydroxylation is 1. The minimum absolute atomic E-state index is 0.0859. The summed E-state index contributed by atoms with van der Waals surface area (Å²) in [5.41, 5.74) is -2.34. The number of aromatic nitrogens is 4. The lowest BCUT2D eigenvalue weighted by Crippen LogP contribution is -2.44. The van der Waals surface area contributed by atoms with Gasteiger partial charge in [-0.25, -0.2) is 4.98 Å². The Morgan fingerprint density at radius 1 is 1.10 bits per heavy atom. The maximum Gasteiger partial charge on any atom is 0.424 e. The number of nitrogens with zero attached hydrogens (tertiary/aromatic N) is 4. The molecule has 4 aromatic rings. The van der Waals surface area contributed by atoms with E-state index in [4.69, 9.17) is 9.26 Å².